The van der Waals surface area contributed by atoms with E-state index in [2.05, 4.69) is 10.2 Å². The molecule has 0 unspecified atom stereocenters. The SMILES string of the molecule is Cc1cccc2nnc(Cl)n12. The first-order valence-corrected chi connectivity index (χ1v) is 3.63. The number of halogens is 1. The molecule has 2 aromatic rings. The van der Waals surface area contributed by atoms with Crippen molar-refractivity contribution in [1.82, 2.24) is 14.6 Å². The first-order valence-electron chi connectivity index (χ1n) is 3.25. The molecule has 0 aromatic carbocycles. The third-order valence-electron chi connectivity index (χ3n) is 1.58. The van der Waals surface area contributed by atoms with E-state index in [4.69, 9.17) is 11.6 Å². The molecule has 0 atom stereocenters. The Morgan fingerprint density at radius 1 is 1.36 bits per heavy atom. The van der Waals surface area contributed by atoms with Gasteiger partial charge in [-0.2, -0.15) is 0 Å². The van der Waals surface area contributed by atoms with Crippen LogP contribution in [0, 0.1) is 6.92 Å². The minimum absolute atomic E-state index is 0.415. The monoisotopic (exact) mass is 167 g/mol. The fraction of sp³-hybridized carbons (Fsp3) is 0.143. The molecular formula is C7H6ClN3. The van der Waals surface area contributed by atoms with E-state index >= 15 is 0 Å². The smallest absolute Gasteiger partial charge is 0.229 e. The quantitative estimate of drug-likeness (QED) is 0.598. The predicted molar refractivity (Wildman–Crippen MR) is 42.7 cm³/mol. The first-order chi connectivity index (χ1) is 5.29. The summed E-state index contributed by atoms with van der Waals surface area (Å²) in [4.78, 5) is 0. The fourth-order valence-corrected chi connectivity index (χ4v) is 1.32. The largest absolute Gasteiger partial charge is 0.270 e. The molecule has 56 valence electrons. The van der Waals surface area contributed by atoms with Crippen molar-refractivity contribution >= 4 is 17.2 Å². The second-order valence-corrected chi connectivity index (χ2v) is 2.67. The number of fused-ring (bicyclic) bond motifs is 1. The Kier molecular flexibility index (Phi) is 1.32. The zero-order chi connectivity index (χ0) is 7.84. The topological polar surface area (TPSA) is 30.2 Å². The van der Waals surface area contributed by atoms with Crippen molar-refractivity contribution in [2.45, 2.75) is 6.92 Å². The first kappa shape index (κ1) is 6.61. The van der Waals surface area contributed by atoms with Gasteiger partial charge in [0.05, 0.1) is 0 Å². The molecule has 11 heavy (non-hydrogen) atoms. The van der Waals surface area contributed by atoms with Crippen LogP contribution in [0.5, 0.6) is 0 Å². The van der Waals surface area contributed by atoms with E-state index in [-0.39, 0.29) is 0 Å². The molecule has 0 fully saturated rings. The van der Waals surface area contributed by atoms with Crippen molar-refractivity contribution in [2.24, 2.45) is 0 Å². The van der Waals surface area contributed by atoms with E-state index in [0.717, 1.165) is 11.3 Å². The highest BCUT2D eigenvalue weighted by Gasteiger charge is 2.02. The summed E-state index contributed by atoms with van der Waals surface area (Å²) in [5, 5.41) is 8.01. The minimum Gasteiger partial charge on any atom is -0.270 e. The van der Waals surface area contributed by atoms with Gasteiger partial charge in [-0.3, -0.25) is 4.40 Å². The lowest BCUT2D eigenvalue weighted by Gasteiger charge is -1.96. The maximum atomic E-state index is 5.77. The summed E-state index contributed by atoms with van der Waals surface area (Å²) in [6.07, 6.45) is 0. The molecule has 2 heterocycles. The number of rotatable bonds is 0. The van der Waals surface area contributed by atoms with Crippen molar-refractivity contribution in [3.05, 3.63) is 29.2 Å². The Hall–Kier alpha value is -1.09. The van der Waals surface area contributed by atoms with Gasteiger partial charge in [-0.1, -0.05) is 6.07 Å². The van der Waals surface area contributed by atoms with Gasteiger partial charge in [0.15, 0.2) is 5.65 Å². The van der Waals surface area contributed by atoms with Crippen LogP contribution in [0.4, 0.5) is 0 Å². The van der Waals surface area contributed by atoms with Gasteiger partial charge in [-0.15, -0.1) is 10.2 Å². The number of aromatic nitrogens is 3. The Bertz CT molecular complexity index is 393. The molecule has 0 bridgehead atoms. The number of hydrogen-bond acceptors (Lipinski definition) is 2. The minimum atomic E-state index is 0.415. The average molecular weight is 168 g/mol. The van der Waals surface area contributed by atoms with Crippen LogP contribution >= 0.6 is 11.6 Å². The van der Waals surface area contributed by atoms with Crippen LogP contribution in [0.15, 0.2) is 18.2 Å². The Labute approximate surface area is 68.6 Å². The molecule has 3 nitrogen and oxygen atoms in total. The molecular weight excluding hydrogens is 162 g/mol. The van der Waals surface area contributed by atoms with Gasteiger partial charge < -0.3 is 0 Å². The zero-order valence-electron chi connectivity index (χ0n) is 5.95. The number of pyridine rings is 1. The summed E-state index contributed by atoms with van der Waals surface area (Å²) in [5.74, 6) is 0. The number of nitrogens with zero attached hydrogens (tertiary/aromatic N) is 3. The molecule has 0 amide bonds. The molecule has 2 rings (SSSR count). The lowest BCUT2D eigenvalue weighted by Crippen LogP contribution is -1.89. The predicted octanol–water partition coefficient (Wildman–Crippen LogP) is 1.69. The summed E-state index contributed by atoms with van der Waals surface area (Å²) >= 11 is 5.77. The van der Waals surface area contributed by atoms with Crippen LogP contribution in [0.3, 0.4) is 0 Å². The van der Waals surface area contributed by atoms with Gasteiger partial charge in [0, 0.05) is 5.69 Å². The van der Waals surface area contributed by atoms with Gasteiger partial charge in [-0.05, 0) is 30.7 Å². The highest BCUT2D eigenvalue weighted by atomic mass is 35.5. The highest BCUT2D eigenvalue weighted by molar-refractivity contribution is 6.28. The van der Waals surface area contributed by atoms with Crippen LogP contribution in [0.1, 0.15) is 5.69 Å². The maximum absolute atomic E-state index is 5.77. The van der Waals surface area contributed by atoms with Crippen LogP contribution in [0.2, 0.25) is 5.28 Å². The molecule has 4 heteroatoms. The van der Waals surface area contributed by atoms with E-state index in [1.54, 1.807) is 4.40 Å². The Morgan fingerprint density at radius 2 is 2.18 bits per heavy atom. The van der Waals surface area contributed by atoms with Gasteiger partial charge in [0.1, 0.15) is 0 Å². The van der Waals surface area contributed by atoms with Crippen molar-refractivity contribution in [3.8, 4) is 0 Å². The van der Waals surface area contributed by atoms with Crippen molar-refractivity contribution in [2.75, 3.05) is 0 Å². The Morgan fingerprint density at radius 3 is 2.91 bits per heavy atom. The third-order valence-corrected chi connectivity index (χ3v) is 1.83. The third kappa shape index (κ3) is 0.886. The average Bonchev–Trinajstić information content (AvgIpc) is 2.34. The van der Waals surface area contributed by atoms with E-state index in [0.29, 0.717) is 5.28 Å². The second-order valence-electron chi connectivity index (χ2n) is 2.33. The molecule has 0 N–H and O–H groups in total. The van der Waals surface area contributed by atoms with E-state index in [9.17, 15) is 0 Å². The molecule has 0 aliphatic rings. The maximum Gasteiger partial charge on any atom is 0.229 e. The van der Waals surface area contributed by atoms with E-state index in [1.807, 2.05) is 25.1 Å². The van der Waals surface area contributed by atoms with Gasteiger partial charge in [0.2, 0.25) is 5.28 Å². The highest BCUT2D eigenvalue weighted by Crippen LogP contribution is 2.10. The number of hydrogen-bond donors (Lipinski definition) is 0. The summed E-state index contributed by atoms with van der Waals surface area (Å²) in [6, 6.07) is 5.75. The van der Waals surface area contributed by atoms with Crippen molar-refractivity contribution in [3.63, 3.8) is 0 Å². The Balaban J connectivity index is 2.96. The lowest BCUT2D eigenvalue weighted by molar-refractivity contribution is 1.07. The molecule has 0 spiro atoms. The standard InChI is InChI=1S/C7H6ClN3/c1-5-3-2-4-6-9-10-7(8)11(5)6/h2-4H,1H3. The number of aryl methyl sites for hydroxylation is 1. The van der Waals surface area contributed by atoms with Crippen molar-refractivity contribution < 1.29 is 0 Å². The van der Waals surface area contributed by atoms with E-state index < -0.39 is 0 Å². The molecule has 0 radical (unpaired) electrons. The molecule has 0 saturated heterocycles. The van der Waals surface area contributed by atoms with Crippen LogP contribution < -0.4 is 0 Å². The molecule has 0 aliphatic heterocycles. The van der Waals surface area contributed by atoms with Gasteiger partial charge in [0.25, 0.3) is 0 Å². The van der Waals surface area contributed by atoms with Crippen LogP contribution in [-0.4, -0.2) is 14.6 Å². The van der Waals surface area contributed by atoms with Gasteiger partial charge >= 0.3 is 0 Å². The second kappa shape index (κ2) is 2.20. The molecule has 0 aliphatic carbocycles. The zero-order valence-corrected chi connectivity index (χ0v) is 6.71. The normalized spacial score (nSPS) is 10.7. The molecule has 2 aromatic heterocycles. The van der Waals surface area contributed by atoms with E-state index in [1.165, 1.54) is 0 Å². The van der Waals surface area contributed by atoms with Gasteiger partial charge in [-0.25, -0.2) is 0 Å². The summed E-state index contributed by atoms with van der Waals surface area (Å²) in [5.41, 5.74) is 1.83. The molecule has 0 saturated carbocycles. The summed E-state index contributed by atoms with van der Waals surface area (Å²) in [6.45, 7) is 1.96. The van der Waals surface area contributed by atoms with Crippen LogP contribution in [-0.2, 0) is 0 Å². The lowest BCUT2D eigenvalue weighted by atomic mass is 10.4. The van der Waals surface area contributed by atoms with Crippen molar-refractivity contribution in [1.29, 1.82) is 0 Å². The summed E-state index contributed by atoms with van der Waals surface area (Å²) in [7, 11) is 0. The fourth-order valence-electron chi connectivity index (χ4n) is 1.06. The van der Waals surface area contributed by atoms with Crippen LogP contribution in [0.25, 0.3) is 5.65 Å². The summed E-state index contributed by atoms with van der Waals surface area (Å²) < 4.78 is 1.79.